The van der Waals surface area contributed by atoms with Gasteiger partial charge in [0.1, 0.15) is 0 Å². The third-order valence-electron chi connectivity index (χ3n) is 7.05. The molecular formula is C34H41N. The summed E-state index contributed by atoms with van der Waals surface area (Å²) in [6, 6.07) is 31.7. The summed E-state index contributed by atoms with van der Waals surface area (Å²) in [6.07, 6.45) is 0.964. The molecule has 0 heterocycles. The van der Waals surface area contributed by atoms with E-state index in [1.54, 1.807) is 0 Å². The highest BCUT2D eigenvalue weighted by atomic mass is 15.1. The van der Waals surface area contributed by atoms with E-state index in [4.69, 9.17) is 0 Å². The topological polar surface area (TPSA) is 3.24 Å². The minimum atomic E-state index is 0.137. The molecule has 4 aromatic rings. The number of fused-ring (bicyclic) bond motifs is 1. The van der Waals surface area contributed by atoms with Gasteiger partial charge >= 0.3 is 0 Å². The average Bonchev–Trinajstić information content (AvgIpc) is 2.79. The lowest BCUT2D eigenvalue weighted by Crippen LogP contribution is -2.19. The number of benzene rings is 4. The highest BCUT2D eigenvalue weighted by molar-refractivity contribution is 5.85. The van der Waals surface area contributed by atoms with Crippen molar-refractivity contribution < 1.29 is 0 Å². The van der Waals surface area contributed by atoms with Crippen LogP contribution >= 0.6 is 0 Å². The normalized spacial score (nSPS) is 12.5. The number of rotatable bonds is 6. The molecule has 0 amide bonds. The molecule has 0 spiro atoms. The highest BCUT2D eigenvalue weighted by Gasteiger charge is 2.17. The van der Waals surface area contributed by atoms with Crippen molar-refractivity contribution in [2.45, 2.75) is 71.9 Å². The quantitative estimate of drug-likeness (QED) is 0.276. The van der Waals surface area contributed by atoms with Crippen LogP contribution in [0.25, 0.3) is 10.8 Å². The molecule has 0 fully saturated rings. The lowest BCUT2D eigenvalue weighted by Gasteiger charge is -2.24. The lowest BCUT2D eigenvalue weighted by atomic mass is 9.83. The molecule has 0 N–H and O–H groups in total. The van der Waals surface area contributed by atoms with Crippen molar-refractivity contribution >= 4 is 10.8 Å². The maximum Gasteiger partial charge on any atom is 0.0240 e. The fourth-order valence-corrected chi connectivity index (χ4v) is 4.82. The van der Waals surface area contributed by atoms with Gasteiger partial charge in [0.15, 0.2) is 0 Å². The monoisotopic (exact) mass is 463 g/mol. The average molecular weight is 464 g/mol. The Labute approximate surface area is 212 Å². The van der Waals surface area contributed by atoms with Gasteiger partial charge in [-0.3, -0.25) is 4.90 Å². The Balaban J connectivity index is 1.60. The molecule has 0 radical (unpaired) electrons. The molecule has 35 heavy (non-hydrogen) atoms. The first-order valence-electron chi connectivity index (χ1n) is 12.9. The van der Waals surface area contributed by atoms with Crippen LogP contribution in [0.1, 0.15) is 74.9 Å². The zero-order chi connectivity index (χ0) is 25.2. The fraction of sp³-hybridized carbons (Fsp3) is 0.353. The van der Waals surface area contributed by atoms with Crippen LogP contribution in [0.15, 0.2) is 84.9 Å². The number of hydrogen-bond donors (Lipinski definition) is 0. The smallest absolute Gasteiger partial charge is 0.0240 e. The Bertz CT molecular complexity index is 1280. The molecule has 4 aromatic carbocycles. The van der Waals surface area contributed by atoms with E-state index in [0.717, 1.165) is 19.5 Å². The fourth-order valence-electron chi connectivity index (χ4n) is 4.82. The van der Waals surface area contributed by atoms with Gasteiger partial charge in [-0.25, -0.2) is 0 Å². The van der Waals surface area contributed by atoms with Crippen molar-refractivity contribution in [2.75, 3.05) is 7.05 Å². The van der Waals surface area contributed by atoms with Crippen molar-refractivity contribution in [1.82, 2.24) is 4.90 Å². The molecule has 0 bridgehead atoms. The second kappa shape index (κ2) is 9.99. The summed E-state index contributed by atoms with van der Waals surface area (Å²) in [5.74, 6) is 0. The molecule has 0 atom stereocenters. The molecule has 0 aliphatic heterocycles. The third-order valence-corrected chi connectivity index (χ3v) is 7.05. The molecule has 4 rings (SSSR count). The Morgan fingerprint density at radius 3 is 1.86 bits per heavy atom. The van der Waals surface area contributed by atoms with Gasteiger partial charge < -0.3 is 0 Å². The van der Waals surface area contributed by atoms with E-state index in [0.29, 0.717) is 0 Å². The van der Waals surface area contributed by atoms with Crippen molar-refractivity contribution in [3.8, 4) is 0 Å². The van der Waals surface area contributed by atoms with Gasteiger partial charge in [-0.2, -0.15) is 0 Å². The summed E-state index contributed by atoms with van der Waals surface area (Å²) < 4.78 is 0. The summed E-state index contributed by atoms with van der Waals surface area (Å²) in [5.41, 5.74) is 8.72. The highest BCUT2D eigenvalue weighted by Crippen LogP contribution is 2.28. The minimum absolute atomic E-state index is 0.137. The van der Waals surface area contributed by atoms with Crippen LogP contribution in [0.2, 0.25) is 0 Å². The summed E-state index contributed by atoms with van der Waals surface area (Å²) in [4.78, 5) is 2.44. The van der Waals surface area contributed by atoms with E-state index in [-0.39, 0.29) is 10.8 Å². The van der Waals surface area contributed by atoms with E-state index in [2.05, 4.69) is 138 Å². The second-order valence-electron chi connectivity index (χ2n) is 12.2. The zero-order valence-electron chi connectivity index (χ0n) is 22.7. The van der Waals surface area contributed by atoms with Crippen molar-refractivity contribution in [2.24, 2.45) is 0 Å². The Kier molecular flexibility index (Phi) is 7.20. The standard InChI is InChI=1S/C34H41N/c1-33(2,3)30-18-15-25(16-19-30)21-29-22-31(34(4,5)6)20-17-27(29)23-35(7)24-28-13-10-12-26-11-8-9-14-32(26)28/h8-20,22H,21,23-24H2,1-7H3. The molecule has 0 aromatic heterocycles. The van der Waals surface area contributed by atoms with Gasteiger partial charge in [-0.1, -0.05) is 126 Å². The van der Waals surface area contributed by atoms with Gasteiger partial charge in [0.25, 0.3) is 0 Å². The predicted molar refractivity (Wildman–Crippen MR) is 152 cm³/mol. The van der Waals surface area contributed by atoms with Gasteiger partial charge in [0, 0.05) is 13.1 Å². The van der Waals surface area contributed by atoms with Gasteiger partial charge in [-0.15, -0.1) is 0 Å². The number of nitrogens with zero attached hydrogens (tertiary/aromatic N) is 1. The summed E-state index contributed by atoms with van der Waals surface area (Å²) >= 11 is 0. The van der Waals surface area contributed by atoms with Crippen LogP contribution in [0.3, 0.4) is 0 Å². The minimum Gasteiger partial charge on any atom is -0.298 e. The Hall–Kier alpha value is -2.90. The first-order chi connectivity index (χ1) is 16.5. The lowest BCUT2D eigenvalue weighted by molar-refractivity contribution is 0.319. The van der Waals surface area contributed by atoms with Crippen molar-refractivity contribution in [3.05, 3.63) is 118 Å². The van der Waals surface area contributed by atoms with E-state index >= 15 is 0 Å². The SMILES string of the molecule is CN(Cc1ccc(C(C)(C)C)cc1Cc1ccc(C(C)(C)C)cc1)Cc1cccc2ccccc12. The first kappa shape index (κ1) is 25.2. The molecular weight excluding hydrogens is 422 g/mol. The van der Waals surface area contributed by atoms with E-state index in [1.165, 1.54) is 44.2 Å². The van der Waals surface area contributed by atoms with E-state index in [9.17, 15) is 0 Å². The van der Waals surface area contributed by atoms with Crippen LogP contribution in [0, 0.1) is 0 Å². The molecule has 0 unspecified atom stereocenters. The maximum atomic E-state index is 2.44. The number of hydrogen-bond acceptors (Lipinski definition) is 1. The van der Waals surface area contributed by atoms with Crippen LogP contribution in [0.4, 0.5) is 0 Å². The Morgan fingerprint density at radius 2 is 1.17 bits per heavy atom. The van der Waals surface area contributed by atoms with Crippen molar-refractivity contribution in [3.63, 3.8) is 0 Å². The molecule has 0 aliphatic carbocycles. The van der Waals surface area contributed by atoms with Gasteiger partial charge in [0.2, 0.25) is 0 Å². The summed E-state index contributed by atoms with van der Waals surface area (Å²) in [6.45, 7) is 15.6. The summed E-state index contributed by atoms with van der Waals surface area (Å²) in [5, 5.41) is 2.66. The molecule has 0 saturated carbocycles. The predicted octanol–water partition coefficient (Wildman–Crippen LogP) is 8.66. The van der Waals surface area contributed by atoms with Crippen LogP contribution in [-0.4, -0.2) is 11.9 Å². The molecule has 1 nitrogen and oxygen atoms in total. The Morgan fingerprint density at radius 1 is 0.571 bits per heavy atom. The van der Waals surface area contributed by atoms with Crippen molar-refractivity contribution in [1.29, 1.82) is 0 Å². The van der Waals surface area contributed by atoms with E-state index < -0.39 is 0 Å². The third kappa shape index (κ3) is 6.21. The van der Waals surface area contributed by atoms with Crippen LogP contribution in [-0.2, 0) is 30.3 Å². The molecule has 1 heteroatoms. The van der Waals surface area contributed by atoms with Gasteiger partial charge in [-0.05, 0) is 68.5 Å². The largest absolute Gasteiger partial charge is 0.298 e. The molecule has 0 aliphatic rings. The first-order valence-corrected chi connectivity index (χ1v) is 12.9. The zero-order valence-corrected chi connectivity index (χ0v) is 22.7. The molecule has 0 saturated heterocycles. The molecule has 182 valence electrons. The van der Waals surface area contributed by atoms with Gasteiger partial charge in [0.05, 0.1) is 0 Å². The van der Waals surface area contributed by atoms with Crippen LogP contribution in [0.5, 0.6) is 0 Å². The van der Waals surface area contributed by atoms with E-state index in [1.807, 2.05) is 0 Å². The summed E-state index contributed by atoms with van der Waals surface area (Å²) in [7, 11) is 2.24. The van der Waals surface area contributed by atoms with Crippen LogP contribution < -0.4 is 0 Å². The maximum absolute atomic E-state index is 2.44. The second-order valence-corrected chi connectivity index (χ2v) is 12.2.